The Hall–Kier alpha value is -1.39. The van der Waals surface area contributed by atoms with E-state index in [1.54, 1.807) is 4.90 Å². The van der Waals surface area contributed by atoms with Crippen molar-refractivity contribution in [1.82, 2.24) is 0 Å². The fraction of sp³-hybridized carbons (Fsp3) is 0.588. The van der Waals surface area contributed by atoms with E-state index in [1.165, 1.54) is 12.8 Å². The molecule has 21 heavy (non-hydrogen) atoms. The molecule has 2 heterocycles. The number of benzene rings is 1. The summed E-state index contributed by atoms with van der Waals surface area (Å²) in [4.78, 5) is 14.0. The van der Waals surface area contributed by atoms with Crippen LogP contribution in [-0.4, -0.2) is 42.9 Å². The molecule has 3 unspecified atom stereocenters. The van der Waals surface area contributed by atoms with Gasteiger partial charge in [-0.25, -0.2) is 0 Å². The van der Waals surface area contributed by atoms with E-state index in [9.17, 15) is 9.90 Å². The first-order valence-electron chi connectivity index (χ1n) is 7.88. The third-order valence-corrected chi connectivity index (χ3v) is 5.20. The largest absolute Gasteiger partial charge is 0.461 e. The predicted octanol–water partition coefficient (Wildman–Crippen LogP) is 0.514. The molecular weight excluding hydrogens is 266 g/mol. The molecule has 0 aromatic heterocycles. The molecule has 114 valence electrons. The van der Waals surface area contributed by atoms with Gasteiger partial charge < -0.3 is 14.7 Å². The van der Waals surface area contributed by atoms with Gasteiger partial charge in [0.25, 0.3) is 0 Å². The highest BCUT2D eigenvalue weighted by Crippen LogP contribution is 2.26. The van der Waals surface area contributed by atoms with Crippen LogP contribution >= 0.6 is 0 Å². The van der Waals surface area contributed by atoms with E-state index >= 15 is 0 Å². The Labute approximate surface area is 125 Å². The van der Waals surface area contributed by atoms with E-state index in [1.807, 2.05) is 30.3 Å². The van der Waals surface area contributed by atoms with Crippen molar-refractivity contribution in [3.05, 3.63) is 35.9 Å². The van der Waals surface area contributed by atoms with Gasteiger partial charge >= 0.3 is 5.97 Å². The zero-order chi connectivity index (χ0) is 14.8. The van der Waals surface area contributed by atoms with Crippen molar-refractivity contribution < 1.29 is 19.5 Å². The molecule has 2 saturated heterocycles. The van der Waals surface area contributed by atoms with Crippen LogP contribution in [0.25, 0.3) is 0 Å². The number of hydrogen-bond donors (Lipinski definition) is 2. The summed E-state index contributed by atoms with van der Waals surface area (Å²) in [5.41, 5.74) is 0.825. The monoisotopic (exact) mass is 290 g/mol. The Bertz CT molecular complexity index is 476. The fourth-order valence-electron chi connectivity index (χ4n) is 3.87. The van der Waals surface area contributed by atoms with Crippen molar-refractivity contribution in [2.75, 3.05) is 13.7 Å². The average molecular weight is 290 g/mol. The van der Waals surface area contributed by atoms with Gasteiger partial charge in [0.2, 0.25) is 0 Å². The number of quaternary nitrogens is 1. The van der Waals surface area contributed by atoms with Crippen molar-refractivity contribution in [1.29, 1.82) is 0 Å². The molecule has 0 saturated carbocycles. The number of aliphatic hydroxyl groups is 1. The Morgan fingerprint density at radius 2 is 1.90 bits per heavy atom. The topological polar surface area (TPSA) is 51.0 Å². The molecule has 1 aromatic rings. The van der Waals surface area contributed by atoms with Crippen molar-refractivity contribution in [2.45, 2.75) is 49.8 Å². The number of fused-ring (bicyclic) bond motifs is 2. The number of hydrogen-bond acceptors (Lipinski definition) is 3. The van der Waals surface area contributed by atoms with E-state index in [4.69, 9.17) is 4.74 Å². The second-order valence-electron chi connectivity index (χ2n) is 6.39. The maximum Gasteiger partial charge on any atom is 0.316 e. The first kappa shape index (κ1) is 14.5. The van der Waals surface area contributed by atoms with Crippen LogP contribution in [0.2, 0.25) is 0 Å². The summed E-state index contributed by atoms with van der Waals surface area (Å²) in [7, 11) is 2.25. The molecule has 0 amide bonds. The number of rotatable bonds is 4. The zero-order valence-electron chi connectivity index (χ0n) is 12.5. The second-order valence-corrected chi connectivity index (χ2v) is 6.39. The van der Waals surface area contributed by atoms with Crippen molar-refractivity contribution in [3.63, 3.8) is 0 Å². The lowest BCUT2D eigenvalue weighted by Gasteiger charge is -2.33. The lowest BCUT2D eigenvalue weighted by molar-refractivity contribution is -0.923. The first-order valence-corrected chi connectivity index (χ1v) is 7.88. The number of carbonyl (C=O) groups excluding carboxylic acids is 1. The van der Waals surface area contributed by atoms with Crippen LogP contribution in [0.15, 0.2) is 30.3 Å². The fourth-order valence-corrected chi connectivity index (χ4v) is 3.87. The maximum absolute atomic E-state index is 12.4. The minimum atomic E-state index is -0.559. The van der Waals surface area contributed by atoms with Crippen LogP contribution in [0, 0.1) is 0 Å². The van der Waals surface area contributed by atoms with Gasteiger partial charge in [-0.15, -0.1) is 0 Å². The number of ether oxygens (including phenoxy) is 1. The molecule has 3 rings (SSSR count). The zero-order valence-corrected chi connectivity index (χ0v) is 12.5. The van der Waals surface area contributed by atoms with Crippen LogP contribution in [0.5, 0.6) is 0 Å². The number of carbonyl (C=O) groups is 1. The minimum absolute atomic E-state index is 0.0245. The third-order valence-electron chi connectivity index (χ3n) is 5.20. The van der Waals surface area contributed by atoms with Crippen LogP contribution < -0.4 is 4.90 Å². The molecule has 0 aliphatic carbocycles. The highest BCUT2D eigenvalue weighted by molar-refractivity contribution is 5.78. The molecule has 1 aromatic carbocycles. The lowest BCUT2D eigenvalue weighted by atomic mass is 9.98. The van der Waals surface area contributed by atoms with Gasteiger partial charge in [-0.05, 0) is 5.56 Å². The Kier molecular flexibility index (Phi) is 4.27. The molecule has 2 fully saturated rings. The van der Waals surface area contributed by atoms with Gasteiger partial charge in [-0.1, -0.05) is 30.3 Å². The van der Waals surface area contributed by atoms with E-state index in [2.05, 4.69) is 7.05 Å². The molecule has 4 nitrogen and oxygen atoms in total. The van der Waals surface area contributed by atoms with Crippen LogP contribution in [-0.2, 0) is 9.53 Å². The summed E-state index contributed by atoms with van der Waals surface area (Å²) >= 11 is 0. The van der Waals surface area contributed by atoms with Crippen molar-refractivity contribution >= 4 is 5.97 Å². The second kappa shape index (κ2) is 6.16. The third kappa shape index (κ3) is 2.97. The molecule has 2 aliphatic rings. The quantitative estimate of drug-likeness (QED) is 0.795. The van der Waals surface area contributed by atoms with E-state index in [0.717, 1.165) is 18.4 Å². The number of nitrogens with one attached hydrogen (secondary N) is 1. The summed E-state index contributed by atoms with van der Waals surface area (Å²) in [6, 6.07) is 10.7. The highest BCUT2D eigenvalue weighted by Gasteiger charge is 2.44. The van der Waals surface area contributed by atoms with Gasteiger partial charge in [-0.2, -0.15) is 0 Å². The molecule has 2 bridgehead atoms. The standard InChI is InChI=1S/C17H23NO3/c1-18-13-7-8-14(18)10-15(9-13)21-17(20)16(11-19)12-5-3-2-4-6-12/h2-6,13-16,19H,7-11H2,1H3/p+1. The molecule has 0 radical (unpaired) electrons. The summed E-state index contributed by atoms with van der Waals surface area (Å²) in [5.74, 6) is -0.844. The number of piperidine rings is 1. The summed E-state index contributed by atoms with van der Waals surface area (Å²) in [6.07, 6.45) is 4.43. The van der Waals surface area contributed by atoms with E-state index in [-0.39, 0.29) is 18.7 Å². The van der Waals surface area contributed by atoms with Gasteiger partial charge in [-0.3, -0.25) is 4.79 Å². The van der Waals surface area contributed by atoms with Crippen LogP contribution in [0.3, 0.4) is 0 Å². The summed E-state index contributed by atoms with van der Waals surface area (Å²) < 4.78 is 5.72. The smallest absolute Gasteiger partial charge is 0.316 e. The van der Waals surface area contributed by atoms with Gasteiger partial charge in [0.15, 0.2) is 0 Å². The average Bonchev–Trinajstić information content (AvgIpc) is 2.72. The summed E-state index contributed by atoms with van der Waals surface area (Å²) in [5, 5.41) is 9.53. The van der Waals surface area contributed by atoms with Gasteiger partial charge in [0, 0.05) is 25.7 Å². The SMILES string of the molecule is C[NH+]1C2CCC1CC(OC(=O)C(CO)c1ccccc1)C2. The molecule has 2 aliphatic heterocycles. The van der Waals surface area contributed by atoms with Gasteiger partial charge in [0.05, 0.1) is 25.7 Å². The van der Waals surface area contributed by atoms with Crippen LogP contribution in [0.4, 0.5) is 0 Å². The van der Waals surface area contributed by atoms with Crippen LogP contribution in [0.1, 0.15) is 37.2 Å². The molecule has 2 N–H and O–H groups in total. The number of esters is 1. The lowest BCUT2D eigenvalue weighted by Crippen LogP contribution is -3.15. The molecule has 0 spiro atoms. The molecular formula is C17H24NO3+. The Morgan fingerprint density at radius 1 is 1.29 bits per heavy atom. The number of aliphatic hydroxyl groups excluding tert-OH is 1. The normalized spacial score (nSPS) is 32.7. The Balaban J connectivity index is 1.63. The van der Waals surface area contributed by atoms with E-state index in [0.29, 0.717) is 12.1 Å². The molecule has 4 heteroatoms. The maximum atomic E-state index is 12.4. The van der Waals surface area contributed by atoms with Gasteiger partial charge in [0.1, 0.15) is 12.0 Å². The highest BCUT2D eigenvalue weighted by atomic mass is 16.5. The minimum Gasteiger partial charge on any atom is -0.461 e. The van der Waals surface area contributed by atoms with Crippen molar-refractivity contribution in [3.8, 4) is 0 Å². The molecule has 3 atom stereocenters. The van der Waals surface area contributed by atoms with Crippen molar-refractivity contribution in [2.24, 2.45) is 0 Å². The summed E-state index contributed by atoms with van der Waals surface area (Å²) in [6.45, 7) is -0.201. The van der Waals surface area contributed by atoms with E-state index < -0.39 is 5.92 Å². The first-order chi connectivity index (χ1) is 10.2. The Morgan fingerprint density at radius 3 is 2.48 bits per heavy atom. The predicted molar refractivity (Wildman–Crippen MR) is 79.1 cm³/mol.